The minimum atomic E-state index is -0.476. The van der Waals surface area contributed by atoms with Gasteiger partial charge in [-0.3, -0.25) is 4.90 Å². The van der Waals surface area contributed by atoms with Gasteiger partial charge in [0.2, 0.25) is 0 Å². The molecule has 1 aromatic heterocycles. The topological polar surface area (TPSA) is 73.7 Å². The fourth-order valence-corrected chi connectivity index (χ4v) is 4.34. The number of imidazole rings is 1. The third kappa shape index (κ3) is 5.61. The highest BCUT2D eigenvalue weighted by Gasteiger charge is 2.37. The van der Waals surface area contributed by atoms with Crippen molar-refractivity contribution >= 4 is 23.8 Å². The molecule has 2 aromatic rings. The Morgan fingerprint density at radius 2 is 2.00 bits per heavy atom. The second-order valence-corrected chi connectivity index (χ2v) is 8.94. The number of hydrogen-bond acceptors (Lipinski definition) is 6. The molecule has 0 bridgehead atoms. The molecule has 1 saturated heterocycles. The van der Waals surface area contributed by atoms with Crippen LogP contribution in [0.4, 0.5) is 4.79 Å². The van der Waals surface area contributed by atoms with Crippen LogP contribution in [-0.4, -0.2) is 46.4 Å². The van der Waals surface area contributed by atoms with Crippen molar-refractivity contribution in [2.45, 2.75) is 56.8 Å². The first kappa shape index (κ1) is 23.2. The number of carbonyl (C=O) groups excluding carboxylic acids is 2. The van der Waals surface area contributed by atoms with Gasteiger partial charge in [0.25, 0.3) is 0 Å². The maximum Gasteiger partial charge on any atom is 0.410 e. The molecule has 1 fully saturated rings. The van der Waals surface area contributed by atoms with Gasteiger partial charge in [0, 0.05) is 12.7 Å². The second-order valence-electron chi connectivity index (χ2n) is 8.11. The molecule has 1 amide bonds. The number of aromatic nitrogens is 2. The first-order valence-electron chi connectivity index (χ1n) is 10.6. The Morgan fingerprint density at radius 1 is 1.26 bits per heavy atom. The van der Waals surface area contributed by atoms with Gasteiger partial charge in [-0.25, -0.2) is 14.6 Å². The third-order valence-corrected chi connectivity index (χ3v) is 6.06. The molecule has 1 aromatic carbocycles. The standard InChI is InChI=1S/C23H31N3O4S/c1-16(2)13-19(22(27)29-3)26-14-20(31-4)24-21(26)18-11-8-12-25(18)23(28)30-15-17-9-6-5-7-10-17/h5-7,9-10,14,16,18-19H,8,11-13,15H2,1-4H3/t18-,19-/m0/s1. The molecule has 0 spiro atoms. The van der Waals surface area contributed by atoms with Gasteiger partial charge in [0.1, 0.15) is 23.5 Å². The normalized spacial score (nSPS) is 17.1. The van der Waals surface area contributed by atoms with E-state index in [0.717, 1.165) is 29.3 Å². The molecule has 168 valence electrons. The molecule has 2 heterocycles. The summed E-state index contributed by atoms with van der Waals surface area (Å²) >= 11 is 1.52. The lowest BCUT2D eigenvalue weighted by Gasteiger charge is -2.27. The first-order valence-corrected chi connectivity index (χ1v) is 11.8. The predicted molar refractivity (Wildman–Crippen MR) is 120 cm³/mol. The van der Waals surface area contributed by atoms with Crippen molar-refractivity contribution < 1.29 is 19.1 Å². The number of carbonyl (C=O) groups is 2. The number of benzene rings is 1. The van der Waals surface area contributed by atoms with E-state index in [4.69, 9.17) is 14.5 Å². The van der Waals surface area contributed by atoms with Crippen molar-refractivity contribution in [2.75, 3.05) is 19.9 Å². The number of methoxy groups -OCH3 is 1. The molecule has 1 aliphatic heterocycles. The number of esters is 1. The predicted octanol–water partition coefficient (Wildman–Crippen LogP) is 4.84. The Morgan fingerprint density at radius 3 is 2.65 bits per heavy atom. The minimum Gasteiger partial charge on any atom is -0.467 e. The summed E-state index contributed by atoms with van der Waals surface area (Å²) < 4.78 is 12.6. The SMILES string of the molecule is COC(=O)[C@H](CC(C)C)n1cc(SC)nc1[C@@H]1CCCN1C(=O)OCc1ccccc1. The number of likely N-dealkylation sites (tertiary alicyclic amines) is 1. The summed E-state index contributed by atoms with van der Waals surface area (Å²) in [6.45, 7) is 4.98. The van der Waals surface area contributed by atoms with Gasteiger partial charge >= 0.3 is 12.1 Å². The van der Waals surface area contributed by atoms with E-state index in [2.05, 4.69) is 13.8 Å². The molecule has 8 heteroatoms. The molecular weight excluding hydrogens is 414 g/mol. The molecule has 0 unspecified atom stereocenters. The molecule has 2 atom stereocenters. The lowest BCUT2D eigenvalue weighted by molar-refractivity contribution is -0.145. The monoisotopic (exact) mass is 445 g/mol. The average Bonchev–Trinajstić information content (AvgIpc) is 3.42. The van der Waals surface area contributed by atoms with Crippen LogP contribution >= 0.6 is 11.8 Å². The molecular formula is C23H31N3O4S. The summed E-state index contributed by atoms with van der Waals surface area (Å²) in [4.78, 5) is 32.0. The maximum absolute atomic E-state index is 12.9. The van der Waals surface area contributed by atoms with E-state index in [0.29, 0.717) is 18.9 Å². The smallest absolute Gasteiger partial charge is 0.410 e. The van der Waals surface area contributed by atoms with Crippen LogP contribution in [0.15, 0.2) is 41.6 Å². The van der Waals surface area contributed by atoms with Gasteiger partial charge in [-0.2, -0.15) is 0 Å². The van der Waals surface area contributed by atoms with E-state index in [9.17, 15) is 9.59 Å². The molecule has 0 N–H and O–H groups in total. The molecule has 31 heavy (non-hydrogen) atoms. The summed E-state index contributed by atoms with van der Waals surface area (Å²) in [5, 5.41) is 0.817. The fraction of sp³-hybridized carbons (Fsp3) is 0.522. The van der Waals surface area contributed by atoms with Crippen molar-refractivity contribution in [3.63, 3.8) is 0 Å². The highest BCUT2D eigenvalue weighted by molar-refractivity contribution is 7.98. The van der Waals surface area contributed by atoms with E-state index in [1.807, 2.05) is 47.4 Å². The van der Waals surface area contributed by atoms with Crippen LogP contribution in [0.5, 0.6) is 0 Å². The molecule has 3 rings (SSSR count). The van der Waals surface area contributed by atoms with Gasteiger partial charge in [0.05, 0.1) is 13.2 Å². The van der Waals surface area contributed by atoms with E-state index in [1.165, 1.54) is 18.9 Å². The summed E-state index contributed by atoms with van der Waals surface area (Å²) in [6.07, 6.45) is 5.77. The highest BCUT2D eigenvalue weighted by Crippen LogP contribution is 2.36. The first-order chi connectivity index (χ1) is 14.9. The van der Waals surface area contributed by atoms with Gasteiger partial charge in [-0.15, -0.1) is 11.8 Å². The Balaban J connectivity index is 1.85. The van der Waals surface area contributed by atoms with Crippen LogP contribution in [-0.2, 0) is 20.9 Å². The number of hydrogen-bond donors (Lipinski definition) is 0. The Kier molecular flexibility index (Phi) is 8.01. The zero-order chi connectivity index (χ0) is 22.4. The van der Waals surface area contributed by atoms with Gasteiger partial charge in [-0.05, 0) is 37.0 Å². The fourth-order valence-electron chi connectivity index (χ4n) is 3.94. The van der Waals surface area contributed by atoms with Crippen LogP contribution in [0.1, 0.15) is 56.6 Å². The van der Waals surface area contributed by atoms with E-state index >= 15 is 0 Å². The van der Waals surface area contributed by atoms with Crippen LogP contribution in [0, 0.1) is 5.92 Å². The average molecular weight is 446 g/mol. The summed E-state index contributed by atoms with van der Waals surface area (Å²) in [6, 6.07) is 8.92. The van der Waals surface area contributed by atoms with Crippen molar-refractivity contribution in [2.24, 2.45) is 5.92 Å². The zero-order valence-electron chi connectivity index (χ0n) is 18.6. The highest BCUT2D eigenvalue weighted by atomic mass is 32.2. The number of nitrogens with zero attached hydrogens (tertiary/aromatic N) is 3. The van der Waals surface area contributed by atoms with E-state index < -0.39 is 6.04 Å². The molecule has 1 aliphatic rings. The molecule has 0 aliphatic carbocycles. The van der Waals surface area contributed by atoms with Crippen molar-refractivity contribution in [1.82, 2.24) is 14.5 Å². The summed E-state index contributed by atoms with van der Waals surface area (Å²) in [5.74, 6) is 0.721. The van der Waals surface area contributed by atoms with Crippen LogP contribution in [0.2, 0.25) is 0 Å². The Bertz CT molecular complexity index is 884. The minimum absolute atomic E-state index is 0.228. The van der Waals surface area contributed by atoms with Crippen LogP contribution in [0.3, 0.4) is 0 Å². The maximum atomic E-state index is 12.9. The molecule has 7 nitrogen and oxygen atoms in total. The summed E-state index contributed by atoms with van der Waals surface area (Å²) in [5.41, 5.74) is 0.945. The van der Waals surface area contributed by atoms with Crippen molar-refractivity contribution in [1.29, 1.82) is 0 Å². The lowest BCUT2D eigenvalue weighted by atomic mass is 10.0. The summed E-state index contributed by atoms with van der Waals surface area (Å²) in [7, 11) is 1.41. The van der Waals surface area contributed by atoms with Gasteiger partial charge in [-0.1, -0.05) is 44.2 Å². The van der Waals surface area contributed by atoms with E-state index in [1.54, 1.807) is 4.90 Å². The number of ether oxygens (including phenoxy) is 2. The number of thioether (sulfide) groups is 1. The van der Waals surface area contributed by atoms with Gasteiger partial charge in [0.15, 0.2) is 0 Å². The lowest BCUT2D eigenvalue weighted by Crippen LogP contribution is -2.34. The van der Waals surface area contributed by atoms with Crippen molar-refractivity contribution in [3.8, 4) is 0 Å². The number of rotatable bonds is 8. The quantitative estimate of drug-likeness (QED) is 0.428. The van der Waals surface area contributed by atoms with Gasteiger partial charge < -0.3 is 14.0 Å². The van der Waals surface area contributed by atoms with Crippen LogP contribution < -0.4 is 0 Å². The second kappa shape index (κ2) is 10.7. The number of amides is 1. The van der Waals surface area contributed by atoms with Crippen molar-refractivity contribution in [3.05, 3.63) is 47.9 Å². The largest absolute Gasteiger partial charge is 0.467 e. The Labute approximate surface area is 188 Å². The Hall–Kier alpha value is -2.48. The van der Waals surface area contributed by atoms with Crippen LogP contribution in [0.25, 0.3) is 0 Å². The zero-order valence-corrected chi connectivity index (χ0v) is 19.4. The third-order valence-electron chi connectivity index (χ3n) is 5.44. The molecule has 0 radical (unpaired) electrons. The van der Waals surface area contributed by atoms with E-state index in [-0.39, 0.29) is 24.7 Å². The molecule has 0 saturated carbocycles.